The second kappa shape index (κ2) is 7.44. The van der Waals surface area contributed by atoms with Crippen molar-refractivity contribution in [1.29, 1.82) is 0 Å². The van der Waals surface area contributed by atoms with Crippen molar-refractivity contribution in [2.45, 2.75) is 18.4 Å². The first kappa shape index (κ1) is 17.2. The van der Waals surface area contributed by atoms with Crippen LogP contribution in [0.25, 0.3) is 0 Å². The highest BCUT2D eigenvalue weighted by molar-refractivity contribution is 9.28. The summed E-state index contributed by atoms with van der Waals surface area (Å²) in [5.74, 6) is 0. The smallest absolute Gasteiger partial charge is 0.264 e. The van der Waals surface area contributed by atoms with Crippen molar-refractivity contribution in [3.8, 4) is 0 Å². The van der Waals surface area contributed by atoms with E-state index in [1.807, 2.05) is 37.3 Å². The lowest BCUT2D eigenvalue weighted by atomic mass is 10.2. The Morgan fingerprint density at radius 1 is 1.05 bits per heavy atom. The summed E-state index contributed by atoms with van der Waals surface area (Å²) >= 11 is 6.47. The Kier molecular flexibility index (Phi) is 5.83. The van der Waals surface area contributed by atoms with Gasteiger partial charge >= 0.3 is 0 Å². The molecule has 22 heavy (non-hydrogen) atoms. The van der Waals surface area contributed by atoms with E-state index in [2.05, 4.69) is 31.9 Å². The first-order valence-electron chi connectivity index (χ1n) is 6.55. The number of benzene rings is 2. The van der Waals surface area contributed by atoms with Crippen molar-refractivity contribution in [2.75, 3.05) is 0 Å². The summed E-state index contributed by atoms with van der Waals surface area (Å²) in [5.41, 5.74) is 1.93. The van der Waals surface area contributed by atoms with Crippen LogP contribution in [0, 0.1) is 6.92 Å². The molecule has 0 aliphatic heterocycles. The molecule has 0 N–H and O–H groups in total. The Morgan fingerprint density at radius 2 is 1.64 bits per heavy atom. The predicted octanol–water partition coefficient (Wildman–Crippen LogP) is 4.77. The van der Waals surface area contributed by atoms with Crippen molar-refractivity contribution >= 4 is 41.9 Å². The molecule has 3 nitrogen and oxygen atoms in total. The van der Waals surface area contributed by atoms with Gasteiger partial charge in [0, 0.05) is 6.20 Å². The zero-order valence-electron chi connectivity index (χ0n) is 11.9. The Bertz CT molecular complexity index is 752. The number of halogens is 2. The molecule has 0 heterocycles. The third-order valence-electron chi connectivity index (χ3n) is 3.05. The maximum Gasteiger partial charge on any atom is 0.264 e. The van der Waals surface area contributed by atoms with Crippen LogP contribution in [0.3, 0.4) is 0 Å². The minimum absolute atomic E-state index is 0.262. The maximum absolute atomic E-state index is 12.8. The van der Waals surface area contributed by atoms with Crippen LogP contribution in [0.4, 0.5) is 0 Å². The average molecular weight is 445 g/mol. The van der Waals surface area contributed by atoms with Gasteiger partial charge < -0.3 is 0 Å². The Hall–Kier alpha value is -1.11. The van der Waals surface area contributed by atoms with E-state index in [9.17, 15) is 8.42 Å². The highest BCUT2D eigenvalue weighted by atomic mass is 79.9. The molecule has 2 rings (SSSR count). The van der Waals surface area contributed by atoms with Crippen LogP contribution in [0.2, 0.25) is 0 Å². The monoisotopic (exact) mass is 443 g/mol. The van der Waals surface area contributed by atoms with Crippen molar-refractivity contribution in [1.82, 2.24) is 4.31 Å². The second-order valence-electron chi connectivity index (χ2n) is 4.77. The number of sulfonamides is 1. The molecule has 2 aromatic rings. The number of hydrogen-bond donors (Lipinski definition) is 0. The molecule has 0 saturated heterocycles. The van der Waals surface area contributed by atoms with Crippen LogP contribution in [0.1, 0.15) is 11.1 Å². The van der Waals surface area contributed by atoms with Crippen molar-refractivity contribution in [2.24, 2.45) is 0 Å². The molecule has 0 spiro atoms. The van der Waals surface area contributed by atoms with Gasteiger partial charge in [0.1, 0.15) is 0 Å². The van der Waals surface area contributed by atoms with Gasteiger partial charge in [-0.15, -0.1) is 0 Å². The van der Waals surface area contributed by atoms with Crippen molar-refractivity contribution in [3.05, 3.63) is 75.3 Å². The van der Waals surface area contributed by atoms with E-state index in [1.165, 1.54) is 10.5 Å². The van der Waals surface area contributed by atoms with E-state index in [-0.39, 0.29) is 11.4 Å². The fourth-order valence-electron chi connectivity index (χ4n) is 1.92. The Labute approximate surface area is 148 Å². The maximum atomic E-state index is 12.8. The van der Waals surface area contributed by atoms with E-state index in [0.717, 1.165) is 11.1 Å². The Morgan fingerprint density at radius 3 is 2.18 bits per heavy atom. The Balaban J connectivity index is 2.40. The summed E-state index contributed by atoms with van der Waals surface area (Å²) in [5, 5.41) is 0. The predicted molar refractivity (Wildman–Crippen MR) is 96.3 cm³/mol. The van der Waals surface area contributed by atoms with Gasteiger partial charge in [-0.1, -0.05) is 48.0 Å². The van der Waals surface area contributed by atoms with Crippen molar-refractivity contribution in [3.63, 3.8) is 0 Å². The summed E-state index contributed by atoms with van der Waals surface area (Å²) in [6.45, 7) is 2.19. The lowest BCUT2D eigenvalue weighted by Gasteiger charge is -2.21. The standard InChI is InChI=1S/C16H15Br2NO2S/c1-13-7-9-15(10-8-13)22(20,21)19(12-16(17)18)11-14-5-3-2-4-6-14/h2-10,12H,11H2,1H3. The van der Waals surface area contributed by atoms with E-state index < -0.39 is 10.0 Å². The molecule has 0 aliphatic rings. The quantitative estimate of drug-likeness (QED) is 0.665. The first-order chi connectivity index (χ1) is 10.4. The fraction of sp³-hybridized carbons (Fsp3) is 0.125. The van der Waals surface area contributed by atoms with E-state index in [0.29, 0.717) is 3.39 Å². The minimum atomic E-state index is -3.61. The molecule has 0 unspecified atom stereocenters. The van der Waals surface area contributed by atoms with Gasteiger partial charge in [-0.2, -0.15) is 0 Å². The number of nitrogens with zero attached hydrogens (tertiary/aromatic N) is 1. The highest BCUT2D eigenvalue weighted by Gasteiger charge is 2.22. The van der Waals surface area contributed by atoms with E-state index in [4.69, 9.17) is 0 Å². The average Bonchev–Trinajstić information content (AvgIpc) is 2.47. The van der Waals surface area contributed by atoms with Gasteiger partial charge in [-0.05, 0) is 56.5 Å². The normalized spacial score (nSPS) is 11.0. The lowest BCUT2D eigenvalue weighted by Crippen LogP contribution is -2.25. The first-order valence-corrected chi connectivity index (χ1v) is 9.57. The van der Waals surface area contributed by atoms with Crippen LogP contribution >= 0.6 is 31.9 Å². The molecule has 2 aromatic carbocycles. The third-order valence-corrected chi connectivity index (χ3v) is 5.18. The topological polar surface area (TPSA) is 37.4 Å². The molecule has 0 atom stereocenters. The molecule has 0 aliphatic carbocycles. The van der Waals surface area contributed by atoms with Gasteiger partial charge in [0.2, 0.25) is 0 Å². The van der Waals surface area contributed by atoms with E-state index in [1.54, 1.807) is 24.3 Å². The highest BCUT2D eigenvalue weighted by Crippen LogP contribution is 2.23. The summed E-state index contributed by atoms with van der Waals surface area (Å²) in [4.78, 5) is 0.270. The summed E-state index contributed by atoms with van der Waals surface area (Å²) < 4.78 is 27.5. The fourth-order valence-corrected chi connectivity index (χ4v) is 4.00. The van der Waals surface area contributed by atoms with Crippen LogP contribution in [0.5, 0.6) is 0 Å². The summed E-state index contributed by atoms with van der Waals surface area (Å²) in [7, 11) is -3.61. The van der Waals surface area contributed by atoms with Crippen molar-refractivity contribution < 1.29 is 8.42 Å². The molecule has 0 aromatic heterocycles. The van der Waals surface area contributed by atoms with Gasteiger partial charge in [0.05, 0.1) is 14.8 Å². The molecular formula is C16H15Br2NO2S. The largest absolute Gasteiger partial charge is 0.267 e. The number of rotatable bonds is 5. The SMILES string of the molecule is Cc1ccc(S(=O)(=O)N(C=C(Br)Br)Cc2ccccc2)cc1. The summed E-state index contributed by atoms with van der Waals surface area (Å²) in [6, 6.07) is 16.3. The van der Waals surface area contributed by atoms with Crippen LogP contribution in [-0.2, 0) is 16.6 Å². The molecule has 0 amide bonds. The second-order valence-corrected chi connectivity index (χ2v) is 9.43. The molecule has 0 fully saturated rings. The van der Waals surface area contributed by atoms with Gasteiger partial charge in [0.15, 0.2) is 0 Å². The molecular weight excluding hydrogens is 430 g/mol. The molecule has 0 radical (unpaired) electrons. The van der Waals surface area contributed by atoms with Crippen LogP contribution < -0.4 is 0 Å². The zero-order valence-corrected chi connectivity index (χ0v) is 15.9. The molecule has 0 saturated carbocycles. The van der Waals surface area contributed by atoms with Crippen LogP contribution in [-0.4, -0.2) is 12.7 Å². The molecule has 6 heteroatoms. The third kappa shape index (κ3) is 4.44. The van der Waals surface area contributed by atoms with Gasteiger partial charge in [0.25, 0.3) is 10.0 Å². The summed E-state index contributed by atoms with van der Waals surface area (Å²) in [6.07, 6.45) is 1.52. The number of aryl methyl sites for hydroxylation is 1. The lowest BCUT2D eigenvalue weighted by molar-refractivity contribution is 0.495. The van der Waals surface area contributed by atoms with Gasteiger partial charge in [-0.25, -0.2) is 8.42 Å². The van der Waals surface area contributed by atoms with Crippen LogP contribution in [0.15, 0.2) is 69.1 Å². The molecule has 116 valence electrons. The number of hydrogen-bond acceptors (Lipinski definition) is 2. The zero-order chi connectivity index (χ0) is 16.2. The minimum Gasteiger partial charge on any atom is -0.267 e. The van der Waals surface area contributed by atoms with Gasteiger partial charge in [-0.3, -0.25) is 4.31 Å². The molecule has 0 bridgehead atoms. The van der Waals surface area contributed by atoms with E-state index >= 15 is 0 Å².